The van der Waals surface area contributed by atoms with Crippen molar-refractivity contribution in [3.8, 4) is 5.75 Å². The lowest BCUT2D eigenvalue weighted by Gasteiger charge is -2.32. The summed E-state index contributed by atoms with van der Waals surface area (Å²) in [5, 5.41) is 10.0. The van der Waals surface area contributed by atoms with E-state index in [4.69, 9.17) is 4.74 Å². The second-order valence-corrected chi connectivity index (χ2v) is 5.05. The number of methoxy groups -OCH3 is 1. The molecule has 0 aromatic heterocycles. The lowest BCUT2D eigenvalue weighted by Crippen LogP contribution is -2.36. The minimum atomic E-state index is -0.499. The van der Waals surface area contributed by atoms with Gasteiger partial charge < -0.3 is 14.7 Å². The number of aliphatic hydroxyl groups is 1. The number of rotatable bonds is 2. The van der Waals surface area contributed by atoms with Gasteiger partial charge in [0.25, 0.3) is 5.91 Å². The number of carbonyl (C=O) groups excluding carboxylic acids is 1. The molecule has 1 amide bonds. The highest BCUT2D eigenvalue weighted by molar-refractivity contribution is 6.06. The SMILES string of the molecule is COc1ccc(C(=O)N2CCC(O)c3ccccc32)cc1. The number of nitrogens with zero attached hydrogens (tertiary/aromatic N) is 1. The highest BCUT2D eigenvalue weighted by atomic mass is 16.5. The Hall–Kier alpha value is -2.33. The summed E-state index contributed by atoms with van der Waals surface area (Å²) >= 11 is 0. The summed E-state index contributed by atoms with van der Waals surface area (Å²) in [6, 6.07) is 14.6. The third kappa shape index (κ3) is 2.50. The third-order valence-electron chi connectivity index (χ3n) is 3.79. The number of aliphatic hydroxyl groups excluding tert-OH is 1. The van der Waals surface area contributed by atoms with Gasteiger partial charge in [0, 0.05) is 23.4 Å². The van der Waals surface area contributed by atoms with Crippen molar-refractivity contribution in [3.63, 3.8) is 0 Å². The van der Waals surface area contributed by atoms with E-state index in [0.717, 1.165) is 17.0 Å². The van der Waals surface area contributed by atoms with Crippen LogP contribution in [0.1, 0.15) is 28.4 Å². The standard InChI is InChI=1S/C17H17NO3/c1-21-13-8-6-12(7-9-13)17(20)18-11-10-16(19)14-4-2-3-5-15(14)18/h2-9,16,19H,10-11H2,1H3. The van der Waals surface area contributed by atoms with Crippen LogP contribution in [0.4, 0.5) is 5.69 Å². The maximum atomic E-state index is 12.7. The van der Waals surface area contributed by atoms with Gasteiger partial charge in [-0.2, -0.15) is 0 Å². The van der Waals surface area contributed by atoms with E-state index < -0.39 is 6.10 Å². The number of amides is 1. The largest absolute Gasteiger partial charge is 0.497 e. The molecule has 0 aliphatic carbocycles. The molecule has 2 aromatic rings. The van der Waals surface area contributed by atoms with Crippen molar-refractivity contribution in [1.82, 2.24) is 0 Å². The maximum Gasteiger partial charge on any atom is 0.258 e. The topological polar surface area (TPSA) is 49.8 Å². The molecule has 1 atom stereocenters. The van der Waals surface area contributed by atoms with E-state index in [0.29, 0.717) is 18.5 Å². The van der Waals surface area contributed by atoms with Crippen LogP contribution < -0.4 is 9.64 Å². The Kier molecular flexibility index (Phi) is 3.62. The Morgan fingerprint density at radius 2 is 1.90 bits per heavy atom. The first kappa shape index (κ1) is 13.6. The highest BCUT2D eigenvalue weighted by Crippen LogP contribution is 2.34. The number of hydrogen-bond acceptors (Lipinski definition) is 3. The van der Waals surface area contributed by atoms with Crippen molar-refractivity contribution in [2.45, 2.75) is 12.5 Å². The second kappa shape index (κ2) is 5.58. The fourth-order valence-electron chi connectivity index (χ4n) is 2.64. The van der Waals surface area contributed by atoms with Crippen molar-refractivity contribution in [1.29, 1.82) is 0 Å². The Morgan fingerprint density at radius 3 is 2.62 bits per heavy atom. The molecular formula is C17H17NO3. The molecule has 2 aromatic carbocycles. The number of para-hydroxylation sites is 1. The number of hydrogen-bond donors (Lipinski definition) is 1. The van der Waals surface area contributed by atoms with Crippen molar-refractivity contribution in [2.24, 2.45) is 0 Å². The number of benzene rings is 2. The molecule has 0 saturated carbocycles. The first-order valence-electron chi connectivity index (χ1n) is 6.93. The molecule has 0 radical (unpaired) electrons. The van der Waals surface area contributed by atoms with Crippen LogP contribution in [-0.2, 0) is 0 Å². The first-order valence-corrected chi connectivity index (χ1v) is 6.93. The zero-order chi connectivity index (χ0) is 14.8. The first-order chi connectivity index (χ1) is 10.2. The molecule has 108 valence electrons. The molecule has 1 aliphatic heterocycles. The van der Waals surface area contributed by atoms with E-state index >= 15 is 0 Å². The Bertz CT molecular complexity index is 651. The summed E-state index contributed by atoms with van der Waals surface area (Å²) in [6.45, 7) is 0.517. The van der Waals surface area contributed by atoms with Crippen molar-refractivity contribution in [3.05, 3.63) is 59.7 Å². The molecule has 0 spiro atoms. The quantitative estimate of drug-likeness (QED) is 0.922. The maximum absolute atomic E-state index is 12.7. The molecule has 0 fully saturated rings. The molecule has 4 heteroatoms. The predicted octanol–water partition coefficient (Wildman–Crippen LogP) is 2.78. The Labute approximate surface area is 123 Å². The molecule has 0 bridgehead atoms. The minimum Gasteiger partial charge on any atom is -0.497 e. The van der Waals surface area contributed by atoms with Crippen LogP contribution in [0.25, 0.3) is 0 Å². The Balaban J connectivity index is 1.93. The lowest BCUT2D eigenvalue weighted by molar-refractivity contribution is 0.0970. The van der Waals surface area contributed by atoms with Gasteiger partial charge in [-0.3, -0.25) is 4.79 Å². The average molecular weight is 283 g/mol. The van der Waals surface area contributed by atoms with Gasteiger partial charge >= 0.3 is 0 Å². The summed E-state index contributed by atoms with van der Waals surface area (Å²) in [7, 11) is 1.60. The van der Waals surface area contributed by atoms with Gasteiger partial charge in [0.05, 0.1) is 13.2 Å². The molecule has 1 heterocycles. The summed E-state index contributed by atoms with van der Waals surface area (Å²) in [5.74, 6) is 0.665. The van der Waals surface area contributed by atoms with Gasteiger partial charge in [-0.05, 0) is 36.8 Å². The molecule has 1 unspecified atom stereocenters. The zero-order valence-electron chi connectivity index (χ0n) is 11.8. The fraction of sp³-hybridized carbons (Fsp3) is 0.235. The number of anilines is 1. The summed E-state index contributed by atoms with van der Waals surface area (Å²) in [6.07, 6.45) is 0.0555. The summed E-state index contributed by atoms with van der Waals surface area (Å²) < 4.78 is 5.11. The van der Waals surface area contributed by atoms with E-state index in [1.165, 1.54) is 0 Å². The smallest absolute Gasteiger partial charge is 0.258 e. The van der Waals surface area contributed by atoms with Crippen LogP contribution in [0.2, 0.25) is 0 Å². The van der Waals surface area contributed by atoms with Gasteiger partial charge in [0.1, 0.15) is 5.75 Å². The number of fused-ring (bicyclic) bond motifs is 1. The fourth-order valence-corrected chi connectivity index (χ4v) is 2.64. The van der Waals surface area contributed by atoms with Gasteiger partial charge in [-0.1, -0.05) is 18.2 Å². The van der Waals surface area contributed by atoms with Crippen molar-refractivity contribution >= 4 is 11.6 Å². The minimum absolute atomic E-state index is 0.0583. The van der Waals surface area contributed by atoms with Crippen LogP contribution in [0, 0.1) is 0 Å². The van der Waals surface area contributed by atoms with E-state index in [1.807, 2.05) is 24.3 Å². The van der Waals surface area contributed by atoms with Crippen LogP contribution in [0.3, 0.4) is 0 Å². The molecular weight excluding hydrogens is 266 g/mol. The molecule has 4 nitrogen and oxygen atoms in total. The molecule has 3 rings (SSSR count). The monoisotopic (exact) mass is 283 g/mol. The van der Waals surface area contributed by atoms with Gasteiger partial charge in [-0.25, -0.2) is 0 Å². The van der Waals surface area contributed by atoms with E-state index in [9.17, 15) is 9.90 Å². The number of ether oxygens (including phenoxy) is 1. The van der Waals surface area contributed by atoms with E-state index in [-0.39, 0.29) is 5.91 Å². The molecule has 21 heavy (non-hydrogen) atoms. The molecule has 0 saturated heterocycles. The molecule has 1 aliphatic rings. The lowest BCUT2D eigenvalue weighted by atomic mass is 9.98. The van der Waals surface area contributed by atoms with E-state index in [1.54, 1.807) is 36.3 Å². The third-order valence-corrected chi connectivity index (χ3v) is 3.79. The van der Waals surface area contributed by atoms with Gasteiger partial charge in [-0.15, -0.1) is 0 Å². The molecule has 1 N–H and O–H groups in total. The normalized spacial score (nSPS) is 17.2. The zero-order valence-corrected chi connectivity index (χ0v) is 11.8. The Morgan fingerprint density at radius 1 is 1.19 bits per heavy atom. The average Bonchev–Trinajstić information content (AvgIpc) is 2.55. The second-order valence-electron chi connectivity index (χ2n) is 5.05. The van der Waals surface area contributed by atoms with Crippen molar-refractivity contribution in [2.75, 3.05) is 18.6 Å². The predicted molar refractivity (Wildman–Crippen MR) is 80.7 cm³/mol. The van der Waals surface area contributed by atoms with Crippen molar-refractivity contribution < 1.29 is 14.6 Å². The van der Waals surface area contributed by atoms with Crippen LogP contribution in [0.15, 0.2) is 48.5 Å². The van der Waals surface area contributed by atoms with Gasteiger partial charge in [0.2, 0.25) is 0 Å². The van der Waals surface area contributed by atoms with Crippen LogP contribution >= 0.6 is 0 Å². The van der Waals surface area contributed by atoms with Crippen LogP contribution in [-0.4, -0.2) is 24.7 Å². The van der Waals surface area contributed by atoms with E-state index in [2.05, 4.69) is 0 Å². The number of carbonyl (C=O) groups is 1. The van der Waals surface area contributed by atoms with Crippen LogP contribution in [0.5, 0.6) is 5.75 Å². The summed E-state index contributed by atoms with van der Waals surface area (Å²) in [5.41, 5.74) is 2.21. The van der Waals surface area contributed by atoms with Gasteiger partial charge in [0.15, 0.2) is 0 Å². The highest BCUT2D eigenvalue weighted by Gasteiger charge is 2.27. The summed E-state index contributed by atoms with van der Waals surface area (Å²) in [4.78, 5) is 14.4.